The first-order valence-corrected chi connectivity index (χ1v) is 6.55. The molecule has 4 rings (SSSR count). The molecule has 0 atom stereocenters. The summed E-state index contributed by atoms with van der Waals surface area (Å²) in [6.45, 7) is 0.215. The van der Waals surface area contributed by atoms with Gasteiger partial charge in [0.2, 0.25) is 0 Å². The zero-order valence-electron chi connectivity index (χ0n) is 9.49. The van der Waals surface area contributed by atoms with Crippen LogP contribution in [0.25, 0.3) is 0 Å². The number of allylic oxidation sites excluding steroid dienone is 1. The van der Waals surface area contributed by atoms with Crippen molar-refractivity contribution in [2.24, 2.45) is 23.2 Å². The van der Waals surface area contributed by atoms with Crippen LogP contribution in [0.15, 0.2) is 12.2 Å². The SMILES string of the molecule is OC/C=C/CC12CC3CC(CC(C3)C1)C2. The largest absolute Gasteiger partial charge is 0.392 e. The molecular formula is C14H22O. The van der Waals surface area contributed by atoms with Crippen molar-refractivity contribution in [3.05, 3.63) is 12.2 Å². The van der Waals surface area contributed by atoms with Gasteiger partial charge in [0, 0.05) is 0 Å². The molecule has 4 saturated carbocycles. The van der Waals surface area contributed by atoms with Crippen LogP contribution >= 0.6 is 0 Å². The lowest BCUT2D eigenvalue weighted by Crippen LogP contribution is -2.45. The first-order chi connectivity index (χ1) is 7.30. The van der Waals surface area contributed by atoms with Crippen molar-refractivity contribution >= 4 is 0 Å². The predicted octanol–water partition coefficient (Wildman–Crippen LogP) is 3.14. The smallest absolute Gasteiger partial charge is 0.0612 e. The van der Waals surface area contributed by atoms with E-state index in [9.17, 15) is 0 Å². The maximum atomic E-state index is 8.79. The summed E-state index contributed by atoms with van der Waals surface area (Å²) in [5, 5.41) is 8.79. The van der Waals surface area contributed by atoms with E-state index in [2.05, 4.69) is 6.08 Å². The monoisotopic (exact) mass is 206 g/mol. The van der Waals surface area contributed by atoms with E-state index in [1.165, 1.54) is 44.9 Å². The fourth-order valence-electron chi connectivity index (χ4n) is 4.95. The van der Waals surface area contributed by atoms with Crippen molar-refractivity contribution < 1.29 is 5.11 Å². The van der Waals surface area contributed by atoms with Gasteiger partial charge in [0.25, 0.3) is 0 Å². The van der Waals surface area contributed by atoms with E-state index in [-0.39, 0.29) is 6.61 Å². The molecule has 4 aliphatic rings. The Morgan fingerprint density at radius 2 is 1.47 bits per heavy atom. The van der Waals surface area contributed by atoms with E-state index in [1.54, 1.807) is 0 Å². The van der Waals surface area contributed by atoms with Crippen LogP contribution in [0.2, 0.25) is 0 Å². The Balaban J connectivity index is 1.72. The first kappa shape index (κ1) is 9.89. The number of hydrogen-bond acceptors (Lipinski definition) is 1. The molecule has 4 bridgehead atoms. The lowest BCUT2D eigenvalue weighted by atomic mass is 9.49. The van der Waals surface area contributed by atoms with Crippen molar-refractivity contribution in [3.63, 3.8) is 0 Å². The summed E-state index contributed by atoms with van der Waals surface area (Å²) in [6.07, 6.45) is 14.4. The summed E-state index contributed by atoms with van der Waals surface area (Å²) in [5.74, 6) is 3.16. The normalized spacial score (nSPS) is 47.9. The number of aliphatic hydroxyl groups excluding tert-OH is 1. The lowest BCUT2D eigenvalue weighted by molar-refractivity contribution is -0.0507. The number of rotatable bonds is 3. The van der Waals surface area contributed by atoms with Gasteiger partial charge in [-0.05, 0) is 68.1 Å². The molecule has 0 aromatic carbocycles. The second-order valence-corrected chi connectivity index (χ2v) is 6.28. The van der Waals surface area contributed by atoms with E-state index < -0.39 is 0 Å². The van der Waals surface area contributed by atoms with Gasteiger partial charge >= 0.3 is 0 Å². The summed E-state index contributed by atoms with van der Waals surface area (Å²) in [6, 6.07) is 0. The van der Waals surface area contributed by atoms with E-state index >= 15 is 0 Å². The lowest BCUT2D eigenvalue weighted by Gasteiger charge is -2.56. The van der Waals surface area contributed by atoms with Crippen molar-refractivity contribution in [1.82, 2.24) is 0 Å². The van der Waals surface area contributed by atoms with E-state index in [1.807, 2.05) is 6.08 Å². The van der Waals surface area contributed by atoms with Gasteiger partial charge in [-0.1, -0.05) is 12.2 Å². The average Bonchev–Trinajstić information content (AvgIpc) is 2.15. The minimum absolute atomic E-state index is 0.215. The van der Waals surface area contributed by atoms with E-state index in [0.29, 0.717) is 5.41 Å². The summed E-state index contributed by atoms with van der Waals surface area (Å²) >= 11 is 0. The molecule has 15 heavy (non-hydrogen) atoms. The van der Waals surface area contributed by atoms with Crippen molar-refractivity contribution in [2.45, 2.75) is 44.9 Å². The molecule has 0 aliphatic heterocycles. The summed E-state index contributed by atoms with van der Waals surface area (Å²) < 4.78 is 0. The summed E-state index contributed by atoms with van der Waals surface area (Å²) in [5.41, 5.74) is 0.653. The van der Waals surface area contributed by atoms with Crippen LogP contribution in [0, 0.1) is 23.2 Å². The second-order valence-electron chi connectivity index (χ2n) is 6.28. The van der Waals surface area contributed by atoms with Gasteiger partial charge in [-0.3, -0.25) is 0 Å². The van der Waals surface area contributed by atoms with Crippen LogP contribution in [0.5, 0.6) is 0 Å². The Hall–Kier alpha value is -0.300. The Bertz CT molecular complexity index is 231. The molecule has 0 heterocycles. The molecule has 4 aliphatic carbocycles. The van der Waals surface area contributed by atoms with Crippen LogP contribution in [0.3, 0.4) is 0 Å². The Labute approximate surface area is 92.6 Å². The number of hydrogen-bond donors (Lipinski definition) is 1. The quantitative estimate of drug-likeness (QED) is 0.703. The van der Waals surface area contributed by atoms with E-state index in [0.717, 1.165) is 17.8 Å². The highest BCUT2D eigenvalue weighted by Gasteiger charge is 2.49. The van der Waals surface area contributed by atoms with Gasteiger partial charge in [-0.25, -0.2) is 0 Å². The molecule has 0 aromatic heterocycles. The van der Waals surface area contributed by atoms with Crippen molar-refractivity contribution in [3.8, 4) is 0 Å². The van der Waals surface area contributed by atoms with Crippen LogP contribution in [0.1, 0.15) is 44.9 Å². The molecule has 1 heteroatoms. The highest BCUT2D eigenvalue weighted by atomic mass is 16.2. The molecule has 0 unspecified atom stereocenters. The van der Waals surface area contributed by atoms with E-state index in [4.69, 9.17) is 5.11 Å². The highest BCUT2D eigenvalue weighted by molar-refractivity contribution is 5.04. The van der Waals surface area contributed by atoms with Crippen molar-refractivity contribution in [1.29, 1.82) is 0 Å². The van der Waals surface area contributed by atoms with Gasteiger partial charge in [-0.15, -0.1) is 0 Å². The maximum absolute atomic E-state index is 8.79. The molecule has 1 N–H and O–H groups in total. The highest BCUT2D eigenvalue weighted by Crippen LogP contribution is 2.61. The van der Waals surface area contributed by atoms with Gasteiger partial charge in [-0.2, -0.15) is 0 Å². The maximum Gasteiger partial charge on any atom is 0.0612 e. The third kappa shape index (κ3) is 1.75. The fourth-order valence-corrected chi connectivity index (χ4v) is 4.95. The Kier molecular flexibility index (Phi) is 2.39. The van der Waals surface area contributed by atoms with Crippen LogP contribution in [-0.2, 0) is 0 Å². The minimum atomic E-state index is 0.215. The molecule has 0 radical (unpaired) electrons. The van der Waals surface area contributed by atoms with Gasteiger partial charge in [0.1, 0.15) is 0 Å². The molecule has 0 aromatic rings. The van der Waals surface area contributed by atoms with Crippen LogP contribution < -0.4 is 0 Å². The summed E-state index contributed by atoms with van der Waals surface area (Å²) in [4.78, 5) is 0. The predicted molar refractivity (Wildman–Crippen MR) is 61.4 cm³/mol. The Morgan fingerprint density at radius 1 is 0.933 bits per heavy atom. The number of aliphatic hydroxyl groups is 1. The second kappa shape index (κ2) is 3.62. The molecular weight excluding hydrogens is 184 g/mol. The zero-order valence-corrected chi connectivity index (χ0v) is 9.49. The molecule has 84 valence electrons. The molecule has 0 amide bonds. The fraction of sp³-hybridized carbons (Fsp3) is 0.857. The third-order valence-corrected chi connectivity index (χ3v) is 4.99. The molecule has 0 saturated heterocycles. The Morgan fingerprint density at radius 3 is 1.93 bits per heavy atom. The van der Waals surface area contributed by atoms with Gasteiger partial charge in [0.15, 0.2) is 0 Å². The van der Waals surface area contributed by atoms with Crippen LogP contribution in [-0.4, -0.2) is 11.7 Å². The van der Waals surface area contributed by atoms with Gasteiger partial charge in [0.05, 0.1) is 6.61 Å². The summed E-state index contributed by atoms with van der Waals surface area (Å²) in [7, 11) is 0. The van der Waals surface area contributed by atoms with Gasteiger partial charge < -0.3 is 5.11 Å². The molecule has 1 nitrogen and oxygen atoms in total. The minimum Gasteiger partial charge on any atom is -0.392 e. The average molecular weight is 206 g/mol. The zero-order chi connectivity index (χ0) is 10.3. The molecule has 4 fully saturated rings. The standard InChI is InChI=1S/C14H22O/c15-4-2-1-3-14-8-11-5-12(9-14)7-13(6-11)10-14/h1-2,11-13,15H,3-10H2/b2-1+. The van der Waals surface area contributed by atoms with Crippen molar-refractivity contribution in [2.75, 3.05) is 6.61 Å². The molecule has 0 spiro atoms. The topological polar surface area (TPSA) is 20.2 Å². The third-order valence-electron chi connectivity index (χ3n) is 4.99. The first-order valence-electron chi connectivity index (χ1n) is 6.55. The van der Waals surface area contributed by atoms with Crippen LogP contribution in [0.4, 0.5) is 0 Å².